The highest BCUT2D eigenvalue weighted by Gasteiger charge is 3.01. The fraction of sp³-hybridized carbons (Fsp3) is 0.925. The normalized spacial score (nSPS) is 45.0. The molecule has 0 amide bonds. The fourth-order valence-electron chi connectivity index (χ4n) is 13.2. The Hall–Kier alpha value is -1.51. The van der Waals surface area contributed by atoms with Gasteiger partial charge >= 0.3 is 11.9 Å². The molecule has 0 aromatic rings. The van der Waals surface area contributed by atoms with Gasteiger partial charge in [-0.3, -0.25) is 14.4 Å². The number of carbonyl (C=O) groups excluding carboxylic acids is 3. The van der Waals surface area contributed by atoms with Crippen LogP contribution in [0.25, 0.3) is 0 Å². The van der Waals surface area contributed by atoms with E-state index in [9.17, 15) is 29.7 Å². The predicted molar refractivity (Wildman–Crippen MR) is 181 cm³/mol. The number of hydrogen-bond donors (Lipinski definition) is 3. The Morgan fingerprint density at radius 3 is 1.79 bits per heavy atom. The number of ether oxygens (including phenoxy) is 2. The van der Waals surface area contributed by atoms with E-state index in [1.807, 2.05) is 13.8 Å². The first-order valence-corrected chi connectivity index (χ1v) is 19.7. The zero-order chi connectivity index (χ0) is 34.9. The molecule has 12 atom stereocenters. The number of unbranched alkanes of at least 4 members (excludes halogenated alkanes) is 12. The Kier molecular flexibility index (Phi) is 9.54. The van der Waals surface area contributed by atoms with Crippen molar-refractivity contribution >= 4 is 17.7 Å². The molecule has 0 saturated heterocycles. The first kappa shape index (κ1) is 36.3. The Bertz CT molecular complexity index is 1260. The quantitative estimate of drug-likeness (QED) is 0.102. The highest BCUT2D eigenvalue weighted by atomic mass is 16.6. The van der Waals surface area contributed by atoms with Crippen molar-refractivity contribution < 1.29 is 39.2 Å². The third-order valence-corrected chi connectivity index (χ3v) is 15.4. The number of aliphatic hydroxyl groups is 3. The van der Waals surface area contributed by atoms with Gasteiger partial charge in [0.2, 0.25) is 0 Å². The molecule has 0 aromatic carbocycles. The van der Waals surface area contributed by atoms with Crippen LogP contribution in [0.5, 0.6) is 0 Å². The monoisotopic (exact) mass is 672 g/mol. The molecule has 48 heavy (non-hydrogen) atoms. The van der Waals surface area contributed by atoms with E-state index in [-0.39, 0.29) is 54.9 Å². The zero-order valence-corrected chi connectivity index (χ0v) is 30.7. The summed E-state index contributed by atoms with van der Waals surface area (Å²) in [5, 5.41) is 36.1. The van der Waals surface area contributed by atoms with Crippen LogP contribution in [0, 0.1) is 51.8 Å². The van der Waals surface area contributed by atoms with Crippen molar-refractivity contribution in [3.8, 4) is 0 Å². The van der Waals surface area contributed by atoms with Crippen LogP contribution in [0.3, 0.4) is 0 Å². The molecule has 0 spiro atoms. The van der Waals surface area contributed by atoms with Crippen LogP contribution < -0.4 is 0 Å². The van der Waals surface area contributed by atoms with E-state index in [0.29, 0.717) is 6.42 Å². The van der Waals surface area contributed by atoms with E-state index in [2.05, 4.69) is 27.7 Å². The number of fused-ring (bicyclic) bond motifs is 8. The Morgan fingerprint density at radius 2 is 1.27 bits per heavy atom. The van der Waals surface area contributed by atoms with E-state index in [0.717, 1.165) is 44.9 Å². The van der Waals surface area contributed by atoms with Gasteiger partial charge < -0.3 is 24.8 Å². The minimum atomic E-state index is -1.73. The summed E-state index contributed by atoms with van der Waals surface area (Å²) in [5.41, 5.74) is -6.69. The number of rotatable bonds is 19. The molecule has 0 unspecified atom stereocenters. The average Bonchev–Trinajstić information content (AvgIpc) is 3.26. The molecule has 8 heteroatoms. The van der Waals surface area contributed by atoms with Crippen molar-refractivity contribution in [3.05, 3.63) is 0 Å². The standard InChI is InChI=1S/C40H64O8/c1-7-9-11-13-15-17-19-21-26(42)47-33-25(3)39(46)30(28-29-32(39)38(45)23-37(28,24-41)36(29,6)34(38)44)31-35(4,5)40(31,33)48-27(43)22-20-18-16-14-12-10-8-2/h25,28-33,41,45-46H,7-24H2,1-6H3/t25-,28+,29+,30+,31-,32-,33-,36-,37+,38+,39-,40-/m1/s1. The Balaban J connectivity index is 1.25. The summed E-state index contributed by atoms with van der Waals surface area (Å²) in [6.45, 7) is 12.0. The van der Waals surface area contributed by atoms with Crippen LogP contribution >= 0.6 is 0 Å². The van der Waals surface area contributed by atoms with E-state index in [1.54, 1.807) is 0 Å². The lowest BCUT2D eigenvalue weighted by molar-refractivity contribution is -0.233. The van der Waals surface area contributed by atoms with Crippen LogP contribution in [0.4, 0.5) is 0 Å². The van der Waals surface area contributed by atoms with Crippen LogP contribution in [-0.4, -0.2) is 62.6 Å². The predicted octanol–water partition coefficient (Wildman–Crippen LogP) is 6.69. The van der Waals surface area contributed by atoms with Gasteiger partial charge in [-0.15, -0.1) is 0 Å². The van der Waals surface area contributed by atoms with Crippen LogP contribution in [-0.2, 0) is 23.9 Å². The van der Waals surface area contributed by atoms with Crippen molar-refractivity contribution in [2.45, 2.75) is 174 Å². The lowest BCUT2D eigenvalue weighted by Gasteiger charge is -2.65. The van der Waals surface area contributed by atoms with Gasteiger partial charge in [-0.1, -0.05) is 119 Å². The van der Waals surface area contributed by atoms with Crippen molar-refractivity contribution in [2.75, 3.05) is 6.61 Å². The molecule has 0 aromatic heterocycles. The number of hydrogen-bond acceptors (Lipinski definition) is 8. The molecule has 2 bridgehead atoms. The Morgan fingerprint density at radius 1 is 0.750 bits per heavy atom. The summed E-state index contributed by atoms with van der Waals surface area (Å²) in [6, 6.07) is 0. The number of esters is 2. The molecule has 6 saturated carbocycles. The van der Waals surface area contributed by atoms with Gasteiger partial charge in [0.05, 0.1) is 12.2 Å². The summed E-state index contributed by atoms with van der Waals surface area (Å²) >= 11 is 0. The lowest BCUT2D eigenvalue weighted by Crippen LogP contribution is -2.66. The summed E-state index contributed by atoms with van der Waals surface area (Å²) < 4.78 is 13.0. The maximum absolute atomic E-state index is 13.8. The summed E-state index contributed by atoms with van der Waals surface area (Å²) in [7, 11) is 0. The number of Topliss-reactive ketones (excluding diaryl/α,β-unsaturated/α-hetero) is 1. The minimum Gasteiger partial charge on any atom is -0.458 e. The molecule has 3 N–H and O–H groups in total. The van der Waals surface area contributed by atoms with Gasteiger partial charge in [0.1, 0.15) is 11.7 Å². The molecule has 0 heterocycles. The molecule has 6 rings (SSSR count). The maximum Gasteiger partial charge on any atom is 0.306 e. The van der Waals surface area contributed by atoms with Gasteiger partial charge in [0.15, 0.2) is 11.4 Å². The van der Waals surface area contributed by atoms with Crippen molar-refractivity contribution in [1.29, 1.82) is 0 Å². The Labute approximate surface area is 288 Å². The molecular weight excluding hydrogens is 608 g/mol. The second-order valence-electron chi connectivity index (χ2n) is 17.8. The molecule has 6 aliphatic carbocycles. The first-order valence-electron chi connectivity index (χ1n) is 19.7. The van der Waals surface area contributed by atoms with E-state index >= 15 is 0 Å². The van der Waals surface area contributed by atoms with Gasteiger partial charge in [-0.2, -0.15) is 0 Å². The molecule has 0 aliphatic heterocycles. The maximum atomic E-state index is 13.8. The van der Waals surface area contributed by atoms with Gasteiger partial charge in [0.25, 0.3) is 0 Å². The fourth-order valence-corrected chi connectivity index (χ4v) is 13.2. The lowest BCUT2D eigenvalue weighted by atomic mass is 9.37. The summed E-state index contributed by atoms with van der Waals surface area (Å²) in [6.07, 6.45) is 14.9. The smallest absolute Gasteiger partial charge is 0.306 e. The molecule has 272 valence electrons. The van der Waals surface area contributed by atoms with Gasteiger partial charge in [0, 0.05) is 46.8 Å². The van der Waals surface area contributed by atoms with Crippen molar-refractivity contribution in [1.82, 2.24) is 0 Å². The minimum absolute atomic E-state index is 0.143. The van der Waals surface area contributed by atoms with Crippen molar-refractivity contribution in [3.63, 3.8) is 0 Å². The molecule has 6 fully saturated rings. The largest absolute Gasteiger partial charge is 0.458 e. The first-order chi connectivity index (χ1) is 22.7. The van der Waals surface area contributed by atoms with Crippen LogP contribution in [0.2, 0.25) is 0 Å². The second kappa shape index (κ2) is 12.6. The topological polar surface area (TPSA) is 130 Å². The van der Waals surface area contributed by atoms with Crippen molar-refractivity contribution in [2.24, 2.45) is 51.8 Å². The number of aliphatic hydroxyl groups excluding tert-OH is 1. The number of ketones is 1. The molecule has 6 aliphatic rings. The SMILES string of the molecule is CCCCCCCCCC(=O)O[C@@H]1[C@@H](C)[C@@]2(O)[C@@H]([C@@H]3[C@H]4[C@@H]2[C@@]2(O)C[C@@]3(CO)[C@@]4(C)C2=O)[C@@H]2C(C)(C)[C@]12OC(=O)CCCCCCCCC. The summed E-state index contributed by atoms with van der Waals surface area (Å²) in [4.78, 5) is 41.1. The zero-order valence-electron chi connectivity index (χ0n) is 30.7. The number of carbonyl (C=O) groups is 3. The highest BCUT2D eigenvalue weighted by Crippen LogP contribution is 2.93. The average molecular weight is 673 g/mol. The molecule has 0 radical (unpaired) electrons. The highest BCUT2D eigenvalue weighted by molar-refractivity contribution is 6.01. The van der Waals surface area contributed by atoms with Gasteiger partial charge in [-0.25, -0.2) is 0 Å². The molecular formula is C40H64O8. The van der Waals surface area contributed by atoms with Crippen LogP contribution in [0.1, 0.15) is 151 Å². The van der Waals surface area contributed by atoms with E-state index in [1.165, 1.54) is 44.9 Å². The third-order valence-electron chi connectivity index (χ3n) is 15.4. The summed E-state index contributed by atoms with van der Waals surface area (Å²) in [5.74, 6) is -3.48. The van der Waals surface area contributed by atoms with E-state index in [4.69, 9.17) is 9.47 Å². The second-order valence-corrected chi connectivity index (χ2v) is 17.8. The van der Waals surface area contributed by atoms with E-state index < -0.39 is 56.9 Å². The third kappa shape index (κ3) is 4.52. The molecule has 8 nitrogen and oxygen atoms in total. The van der Waals surface area contributed by atoms with Gasteiger partial charge in [-0.05, 0) is 37.0 Å². The van der Waals surface area contributed by atoms with Crippen LogP contribution in [0.15, 0.2) is 0 Å².